The highest BCUT2D eigenvalue weighted by molar-refractivity contribution is 7.88. The summed E-state index contributed by atoms with van der Waals surface area (Å²) in [5.74, 6) is 0.508. The quantitative estimate of drug-likeness (QED) is 0.753. The fraction of sp³-hybridized carbons (Fsp3) is 0.409. The largest absolute Gasteiger partial charge is 0.497 e. The first-order valence-electron chi connectivity index (χ1n) is 9.73. The van der Waals surface area contributed by atoms with Crippen molar-refractivity contribution in [1.82, 2.24) is 9.62 Å². The zero-order chi connectivity index (χ0) is 21.0. The van der Waals surface area contributed by atoms with Gasteiger partial charge in [-0.25, -0.2) is 8.42 Å². The molecule has 1 aliphatic rings. The van der Waals surface area contributed by atoms with Gasteiger partial charge in [-0.1, -0.05) is 35.9 Å². The number of amides is 1. The summed E-state index contributed by atoms with van der Waals surface area (Å²) in [5, 5.41) is 3.02. The van der Waals surface area contributed by atoms with Gasteiger partial charge in [-0.2, -0.15) is 4.31 Å². The number of methoxy groups -OCH3 is 1. The van der Waals surface area contributed by atoms with E-state index in [1.165, 1.54) is 9.87 Å². The maximum absolute atomic E-state index is 12.7. The molecule has 0 bridgehead atoms. The van der Waals surface area contributed by atoms with Crippen molar-refractivity contribution in [1.29, 1.82) is 0 Å². The number of sulfonamides is 1. The van der Waals surface area contributed by atoms with Crippen LogP contribution in [0.15, 0.2) is 42.5 Å². The molecule has 7 heteroatoms. The van der Waals surface area contributed by atoms with Crippen LogP contribution in [-0.2, 0) is 27.8 Å². The van der Waals surface area contributed by atoms with Crippen LogP contribution in [0.1, 0.15) is 41.1 Å². The molecule has 29 heavy (non-hydrogen) atoms. The normalized spacial score (nSPS) is 16.3. The van der Waals surface area contributed by atoms with E-state index in [9.17, 15) is 13.2 Å². The molecule has 2 aromatic rings. The summed E-state index contributed by atoms with van der Waals surface area (Å²) in [6.07, 6.45) is 3.88. The van der Waals surface area contributed by atoms with Crippen molar-refractivity contribution >= 4 is 15.9 Å². The number of carbonyl (C=O) groups is 1. The molecule has 0 fully saturated rings. The van der Waals surface area contributed by atoms with Crippen LogP contribution in [0, 0.1) is 6.92 Å². The van der Waals surface area contributed by atoms with Crippen molar-refractivity contribution in [3.8, 4) is 5.75 Å². The van der Waals surface area contributed by atoms with Gasteiger partial charge in [0.05, 0.1) is 26.0 Å². The number of fused-ring (bicyclic) bond motifs is 1. The van der Waals surface area contributed by atoms with E-state index >= 15 is 0 Å². The van der Waals surface area contributed by atoms with Crippen molar-refractivity contribution in [2.24, 2.45) is 0 Å². The van der Waals surface area contributed by atoms with Crippen LogP contribution in [0.5, 0.6) is 5.75 Å². The van der Waals surface area contributed by atoms with E-state index in [0.29, 0.717) is 0 Å². The van der Waals surface area contributed by atoms with Crippen LogP contribution in [0.4, 0.5) is 0 Å². The predicted octanol–water partition coefficient (Wildman–Crippen LogP) is 2.96. The summed E-state index contributed by atoms with van der Waals surface area (Å²) in [4.78, 5) is 12.7. The maximum Gasteiger partial charge on any atom is 0.235 e. The first-order valence-corrected chi connectivity index (χ1v) is 11.6. The molecule has 1 atom stereocenters. The number of benzene rings is 2. The Labute approximate surface area is 172 Å². The lowest BCUT2D eigenvalue weighted by molar-refractivity contribution is -0.122. The number of nitrogens with zero attached hydrogens (tertiary/aromatic N) is 1. The van der Waals surface area contributed by atoms with Crippen LogP contribution in [0.3, 0.4) is 0 Å². The molecule has 0 saturated heterocycles. The first-order chi connectivity index (χ1) is 13.8. The van der Waals surface area contributed by atoms with Gasteiger partial charge in [0, 0.05) is 6.54 Å². The molecule has 0 aliphatic heterocycles. The van der Waals surface area contributed by atoms with Gasteiger partial charge in [0.2, 0.25) is 15.9 Å². The molecule has 3 rings (SSSR count). The van der Waals surface area contributed by atoms with E-state index in [4.69, 9.17) is 4.74 Å². The average molecular weight is 417 g/mol. The third-order valence-electron chi connectivity index (χ3n) is 5.27. The monoisotopic (exact) mass is 416 g/mol. The molecule has 6 nitrogen and oxygen atoms in total. The minimum Gasteiger partial charge on any atom is -0.497 e. The van der Waals surface area contributed by atoms with E-state index in [-0.39, 0.29) is 25.0 Å². The van der Waals surface area contributed by atoms with E-state index in [1.54, 1.807) is 7.11 Å². The molecule has 0 radical (unpaired) electrons. The zero-order valence-corrected chi connectivity index (χ0v) is 18.0. The lowest BCUT2D eigenvalue weighted by atomic mass is 9.87. The summed E-state index contributed by atoms with van der Waals surface area (Å²) in [7, 11) is -1.89. The average Bonchev–Trinajstić information content (AvgIpc) is 2.68. The molecular weight excluding hydrogens is 388 g/mol. The smallest absolute Gasteiger partial charge is 0.235 e. The number of ether oxygens (including phenoxy) is 1. The highest BCUT2D eigenvalue weighted by Crippen LogP contribution is 2.32. The topological polar surface area (TPSA) is 75.7 Å². The Morgan fingerprint density at radius 2 is 1.93 bits per heavy atom. The lowest BCUT2D eigenvalue weighted by Crippen LogP contribution is -2.41. The first kappa shape index (κ1) is 21.3. The van der Waals surface area contributed by atoms with Crippen molar-refractivity contribution in [2.75, 3.05) is 19.9 Å². The van der Waals surface area contributed by atoms with Crippen LogP contribution in [-0.4, -0.2) is 38.5 Å². The standard InChI is InChI=1S/C22H28N2O4S/c1-16-7-9-17(10-8-16)14-24(29(3,26)27)15-22(25)23-21-6-4-5-18-13-19(28-2)11-12-20(18)21/h7-13,21H,4-6,14-15H2,1-3H3,(H,23,25)/t21-/m0/s1. The van der Waals surface area contributed by atoms with Gasteiger partial charge in [-0.15, -0.1) is 0 Å². The minimum atomic E-state index is -3.52. The van der Waals surface area contributed by atoms with E-state index < -0.39 is 10.0 Å². The Morgan fingerprint density at radius 3 is 2.59 bits per heavy atom. The van der Waals surface area contributed by atoms with Crippen LogP contribution in [0.25, 0.3) is 0 Å². The summed E-state index contributed by atoms with van der Waals surface area (Å²) in [5.41, 5.74) is 4.20. The maximum atomic E-state index is 12.7. The Bertz CT molecular complexity index is 971. The number of rotatable bonds is 7. The summed E-state index contributed by atoms with van der Waals surface area (Å²) in [6.45, 7) is 1.95. The highest BCUT2D eigenvalue weighted by Gasteiger charge is 2.25. The van der Waals surface area contributed by atoms with Gasteiger partial charge in [-0.3, -0.25) is 4.79 Å². The van der Waals surface area contributed by atoms with E-state index in [1.807, 2.05) is 49.4 Å². The predicted molar refractivity (Wildman–Crippen MR) is 113 cm³/mol. The molecule has 156 valence electrons. The molecule has 1 amide bonds. The van der Waals surface area contributed by atoms with Crippen molar-refractivity contribution in [2.45, 2.75) is 38.8 Å². The molecule has 0 unspecified atom stereocenters. The molecular formula is C22H28N2O4S. The number of hydrogen-bond donors (Lipinski definition) is 1. The van der Waals surface area contributed by atoms with Gasteiger partial charge in [-0.05, 0) is 55.0 Å². The van der Waals surface area contributed by atoms with Gasteiger partial charge in [0.25, 0.3) is 0 Å². The minimum absolute atomic E-state index is 0.113. The van der Waals surface area contributed by atoms with Crippen LogP contribution < -0.4 is 10.1 Å². The summed E-state index contributed by atoms with van der Waals surface area (Å²) < 4.78 is 31.0. The molecule has 1 N–H and O–H groups in total. The fourth-order valence-corrected chi connectivity index (χ4v) is 4.39. The molecule has 0 aromatic heterocycles. The summed E-state index contributed by atoms with van der Waals surface area (Å²) >= 11 is 0. The second-order valence-corrected chi connectivity index (χ2v) is 9.58. The van der Waals surface area contributed by atoms with Gasteiger partial charge >= 0.3 is 0 Å². The van der Waals surface area contributed by atoms with Crippen molar-refractivity contribution in [3.05, 3.63) is 64.7 Å². The van der Waals surface area contributed by atoms with Crippen LogP contribution >= 0.6 is 0 Å². The Morgan fingerprint density at radius 1 is 1.21 bits per heavy atom. The van der Waals surface area contributed by atoms with Gasteiger partial charge < -0.3 is 10.1 Å². The molecule has 0 saturated carbocycles. The highest BCUT2D eigenvalue weighted by atomic mass is 32.2. The molecule has 1 aliphatic carbocycles. The second-order valence-electron chi connectivity index (χ2n) is 7.59. The number of nitrogens with one attached hydrogen (secondary N) is 1. The van der Waals surface area contributed by atoms with Crippen LogP contribution in [0.2, 0.25) is 0 Å². The molecule has 2 aromatic carbocycles. The Hall–Kier alpha value is -2.38. The SMILES string of the molecule is COc1ccc2c(c1)CCC[C@@H]2NC(=O)CN(Cc1ccc(C)cc1)S(C)(=O)=O. The Kier molecular flexibility index (Phi) is 6.59. The van der Waals surface area contributed by atoms with Crippen molar-refractivity contribution in [3.63, 3.8) is 0 Å². The van der Waals surface area contributed by atoms with Gasteiger partial charge in [0.1, 0.15) is 5.75 Å². The third kappa shape index (κ3) is 5.58. The van der Waals surface area contributed by atoms with Gasteiger partial charge in [0.15, 0.2) is 0 Å². The lowest BCUT2D eigenvalue weighted by Gasteiger charge is -2.28. The molecule has 0 spiro atoms. The Balaban J connectivity index is 1.70. The third-order valence-corrected chi connectivity index (χ3v) is 6.46. The zero-order valence-electron chi connectivity index (χ0n) is 17.1. The number of aryl methyl sites for hydroxylation is 2. The van der Waals surface area contributed by atoms with Crippen molar-refractivity contribution < 1.29 is 17.9 Å². The number of hydrogen-bond acceptors (Lipinski definition) is 4. The second kappa shape index (κ2) is 8.97. The summed E-state index contributed by atoms with van der Waals surface area (Å²) in [6, 6.07) is 13.4. The van der Waals surface area contributed by atoms with E-state index in [0.717, 1.165) is 48.0 Å². The molecule has 0 heterocycles. The number of carbonyl (C=O) groups excluding carboxylic acids is 1. The van der Waals surface area contributed by atoms with E-state index in [2.05, 4.69) is 5.32 Å². The fourth-order valence-electron chi connectivity index (χ4n) is 3.66.